The number of phenolic OH excluding ortho intramolecular Hbond substituents is 1. The maximum atomic E-state index is 9.56. The van der Waals surface area contributed by atoms with Gasteiger partial charge in [-0.25, -0.2) is 0 Å². The number of benzene rings is 2. The number of rotatable bonds is 6. The average Bonchev–Trinajstić information content (AvgIpc) is 2.42. The van der Waals surface area contributed by atoms with Crippen LogP contribution in [0.15, 0.2) is 48.5 Å². The molecule has 0 saturated carbocycles. The molecule has 2 aromatic rings. The number of hydrogen-bond donors (Lipinski definition) is 2. The number of nitrogens with one attached hydrogen (secondary N) is 1. The molecule has 2 heteroatoms. The molecule has 0 amide bonds. The number of aryl methyl sites for hydroxylation is 1. The minimum atomic E-state index is 0.348. The summed E-state index contributed by atoms with van der Waals surface area (Å²) in [7, 11) is 1.99. The van der Waals surface area contributed by atoms with E-state index in [-0.39, 0.29) is 0 Å². The first-order chi connectivity index (χ1) is 9.67. The summed E-state index contributed by atoms with van der Waals surface area (Å²) >= 11 is 0. The highest BCUT2D eigenvalue weighted by Gasteiger charge is 2.10. The van der Waals surface area contributed by atoms with Crippen LogP contribution < -0.4 is 5.32 Å². The Hall–Kier alpha value is -1.80. The second-order valence-electron chi connectivity index (χ2n) is 5.49. The van der Waals surface area contributed by atoms with Crippen LogP contribution in [-0.4, -0.2) is 18.7 Å². The Balaban J connectivity index is 2.05. The maximum absolute atomic E-state index is 9.56. The van der Waals surface area contributed by atoms with E-state index in [0.29, 0.717) is 11.7 Å². The molecule has 1 unspecified atom stereocenters. The predicted molar refractivity (Wildman–Crippen MR) is 84.1 cm³/mol. The van der Waals surface area contributed by atoms with Crippen LogP contribution in [0.5, 0.6) is 5.75 Å². The van der Waals surface area contributed by atoms with E-state index in [0.717, 1.165) is 19.4 Å². The molecule has 0 bridgehead atoms. The van der Waals surface area contributed by atoms with Crippen LogP contribution >= 0.6 is 0 Å². The van der Waals surface area contributed by atoms with Crippen molar-refractivity contribution in [2.24, 2.45) is 5.92 Å². The van der Waals surface area contributed by atoms with E-state index in [4.69, 9.17) is 0 Å². The van der Waals surface area contributed by atoms with Crippen LogP contribution in [-0.2, 0) is 12.8 Å². The van der Waals surface area contributed by atoms with Gasteiger partial charge < -0.3 is 10.4 Å². The SMILES string of the molecule is CNCC(Cc1ccc(C)cc1)Cc1cccc(O)c1. The topological polar surface area (TPSA) is 32.3 Å². The third-order valence-electron chi connectivity index (χ3n) is 3.57. The van der Waals surface area contributed by atoms with Gasteiger partial charge in [-0.3, -0.25) is 0 Å². The summed E-state index contributed by atoms with van der Waals surface area (Å²) in [5.74, 6) is 0.880. The number of phenols is 1. The highest BCUT2D eigenvalue weighted by atomic mass is 16.3. The molecular weight excluding hydrogens is 246 g/mol. The van der Waals surface area contributed by atoms with E-state index < -0.39 is 0 Å². The van der Waals surface area contributed by atoms with E-state index in [1.165, 1.54) is 16.7 Å². The van der Waals surface area contributed by atoms with Crippen molar-refractivity contribution in [3.63, 3.8) is 0 Å². The first-order valence-corrected chi connectivity index (χ1v) is 7.15. The lowest BCUT2D eigenvalue weighted by molar-refractivity contribution is 0.469. The molecule has 0 spiro atoms. The highest BCUT2D eigenvalue weighted by Crippen LogP contribution is 2.18. The van der Waals surface area contributed by atoms with Crippen molar-refractivity contribution >= 4 is 0 Å². The maximum Gasteiger partial charge on any atom is 0.115 e. The average molecular weight is 269 g/mol. The molecule has 2 N–H and O–H groups in total. The number of hydrogen-bond acceptors (Lipinski definition) is 2. The Kier molecular flexibility index (Phi) is 5.19. The van der Waals surface area contributed by atoms with Crippen molar-refractivity contribution in [1.29, 1.82) is 0 Å². The summed E-state index contributed by atoms with van der Waals surface area (Å²) in [6, 6.07) is 16.3. The molecule has 0 heterocycles. The summed E-state index contributed by atoms with van der Waals surface area (Å²) in [5.41, 5.74) is 3.86. The van der Waals surface area contributed by atoms with Gasteiger partial charge in [0, 0.05) is 0 Å². The molecule has 106 valence electrons. The molecule has 0 aromatic heterocycles. The highest BCUT2D eigenvalue weighted by molar-refractivity contribution is 5.28. The molecular formula is C18H23NO. The normalized spacial score (nSPS) is 12.3. The van der Waals surface area contributed by atoms with Crippen molar-refractivity contribution in [2.75, 3.05) is 13.6 Å². The summed E-state index contributed by atoms with van der Waals surface area (Å²) in [6.07, 6.45) is 2.03. The van der Waals surface area contributed by atoms with Crippen molar-refractivity contribution in [1.82, 2.24) is 5.32 Å². The van der Waals surface area contributed by atoms with Gasteiger partial charge in [-0.1, -0.05) is 42.0 Å². The van der Waals surface area contributed by atoms with Gasteiger partial charge in [0.2, 0.25) is 0 Å². The molecule has 2 nitrogen and oxygen atoms in total. The van der Waals surface area contributed by atoms with Gasteiger partial charge in [0.25, 0.3) is 0 Å². The first-order valence-electron chi connectivity index (χ1n) is 7.15. The van der Waals surface area contributed by atoms with E-state index in [1.807, 2.05) is 19.2 Å². The summed E-state index contributed by atoms with van der Waals surface area (Å²) in [5, 5.41) is 12.8. The molecule has 2 aromatic carbocycles. The predicted octanol–water partition coefficient (Wildman–Crippen LogP) is 3.32. The molecule has 20 heavy (non-hydrogen) atoms. The fraction of sp³-hybridized carbons (Fsp3) is 0.333. The van der Waals surface area contributed by atoms with Gasteiger partial charge in [0.05, 0.1) is 0 Å². The molecule has 0 aliphatic heterocycles. The summed E-state index contributed by atoms with van der Waals surface area (Å²) in [4.78, 5) is 0. The van der Waals surface area contributed by atoms with Gasteiger partial charge in [-0.2, -0.15) is 0 Å². The quantitative estimate of drug-likeness (QED) is 0.843. The van der Waals surface area contributed by atoms with Crippen LogP contribution in [0.25, 0.3) is 0 Å². The Morgan fingerprint density at radius 1 is 1.00 bits per heavy atom. The minimum Gasteiger partial charge on any atom is -0.508 e. The molecule has 0 saturated heterocycles. The molecule has 0 radical (unpaired) electrons. The Morgan fingerprint density at radius 3 is 2.35 bits per heavy atom. The fourth-order valence-corrected chi connectivity index (χ4v) is 2.58. The fourth-order valence-electron chi connectivity index (χ4n) is 2.58. The zero-order valence-electron chi connectivity index (χ0n) is 12.3. The van der Waals surface area contributed by atoms with Crippen LogP contribution in [0.1, 0.15) is 16.7 Å². The van der Waals surface area contributed by atoms with Gasteiger partial charge in [-0.15, -0.1) is 0 Å². The standard InChI is InChI=1S/C18H23NO/c1-14-6-8-15(9-7-14)10-17(13-19-2)11-16-4-3-5-18(20)12-16/h3-9,12,17,19-20H,10-11,13H2,1-2H3. The Bertz CT molecular complexity index is 533. The molecule has 0 aliphatic rings. The van der Waals surface area contributed by atoms with Crippen LogP contribution in [0.3, 0.4) is 0 Å². The molecule has 2 rings (SSSR count). The van der Waals surface area contributed by atoms with Crippen molar-refractivity contribution < 1.29 is 5.11 Å². The first kappa shape index (κ1) is 14.6. The van der Waals surface area contributed by atoms with E-state index in [2.05, 4.69) is 42.6 Å². The lowest BCUT2D eigenvalue weighted by Gasteiger charge is -2.17. The van der Waals surface area contributed by atoms with Gasteiger partial charge in [0.15, 0.2) is 0 Å². The monoisotopic (exact) mass is 269 g/mol. The zero-order valence-corrected chi connectivity index (χ0v) is 12.3. The third kappa shape index (κ3) is 4.39. The summed E-state index contributed by atoms with van der Waals surface area (Å²) < 4.78 is 0. The van der Waals surface area contributed by atoms with E-state index >= 15 is 0 Å². The third-order valence-corrected chi connectivity index (χ3v) is 3.57. The van der Waals surface area contributed by atoms with Gasteiger partial charge in [-0.05, 0) is 62.5 Å². The van der Waals surface area contributed by atoms with Crippen molar-refractivity contribution in [3.05, 3.63) is 65.2 Å². The van der Waals surface area contributed by atoms with E-state index in [9.17, 15) is 5.11 Å². The van der Waals surface area contributed by atoms with Gasteiger partial charge in [0.1, 0.15) is 5.75 Å². The molecule has 0 fully saturated rings. The van der Waals surface area contributed by atoms with Crippen molar-refractivity contribution in [2.45, 2.75) is 19.8 Å². The lowest BCUT2D eigenvalue weighted by atomic mass is 9.92. The van der Waals surface area contributed by atoms with Crippen LogP contribution in [0, 0.1) is 12.8 Å². The van der Waals surface area contributed by atoms with Crippen LogP contribution in [0.4, 0.5) is 0 Å². The van der Waals surface area contributed by atoms with Gasteiger partial charge >= 0.3 is 0 Å². The molecule has 1 atom stereocenters. The zero-order chi connectivity index (χ0) is 14.4. The Morgan fingerprint density at radius 2 is 1.70 bits per heavy atom. The minimum absolute atomic E-state index is 0.348. The van der Waals surface area contributed by atoms with Crippen LogP contribution in [0.2, 0.25) is 0 Å². The lowest BCUT2D eigenvalue weighted by Crippen LogP contribution is -2.22. The van der Waals surface area contributed by atoms with Crippen molar-refractivity contribution in [3.8, 4) is 5.75 Å². The number of aromatic hydroxyl groups is 1. The second-order valence-corrected chi connectivity index (χ2v) is 5.49. The van der Waals surface area contributed by atoms with E-state index in [1.54, 1.807) is 6.07 Å². The Labute approximate surface area is 121 Å². The second kappa shape index (κ2) is 7.11. The molecule has 0 aliphatic carbocycles. The smallest absolute Gasteiger partial charge is 0.115 e. The largest absolute Gasteiger partial charge is 0.508 e. The summed E-state index contributed by atoms with van der Waals surface area (Å²) in [6.45, 7) is 3.09.